The zero-order valence-corrected chi connectivity index (χ0v) is 11.3. The summed E-state index contributed by atoms with van der Waals surface area (Å²) in [6.07, 6.45) is 0. The first-order valence-electron chi connectivity index (χ1n) is 5.47. The number of hydrogen-bond acceptors (Lipinski definition) is 2. The number of benzene rings is 2. The summed E-state index contributed by atoms with van der Waals surface area (Å²) < 4.78 is 27.3. The molecule has 2 aromatic rings. The van der Waals surface area contributed by atoms with Crippen molar-refractivity contribution in [1.82, 2.24) is 0 Å². The van der Waals surface area contributed by atoms with E-state index >= 15 is 0 Å². The van der Waals surface area contributed by atoms with Crippen LogP contribution in [0.15, 0.2) is 40.9 Å². The Labute approximate surface area is 117 Å². The zero-order valence-electron chi connectivity index (χ0n) is 9.75. The summed E-state index contributed by atoms with van der Waals surface area (Å²) in [5.74, 6) is -0.837. The van der Waals surface area contributed by atoms with Gasteiger partial charge in [-0.25, -0.2) is 8.78 Å². The summed E-state index contributed by atoms with van der Waals surface area (Å²) in [7, 11) is 0. The number of anilines is 1. The van der Waals surface area contributed by atoms with Crippen LogP contribution in [0.1, 0.15) is 11.1 Å². The predicted molar refractivity (Wildman–Crippen MR) is 72.5 cm³/mol. The van der Waals surface area contributed by atoms with Crippen LogP contribution < -0.4 is 5.32 Å². The minimum atomic E-state index is -0.424. The smallest absolute Gasteiger partial charge is 0.147 e. The molecule has 0 spiro atoms. The summed E-state index contributed by atoms with van der Waals surface area (Å²) in [6.45, 7) is 0.180. The molecule has 0 saturated carbocycles. The molecule has 2 rings (SSSR count). The Balaban J connectivity index is 2.19. The summed E-state index contributed by atoms with van der Waals surface area (Å²) >= 11 is 3.16. The third kappa shape index (κ3) is 3.30. The minimum absolute atomic E-state index is 0.180. The quantitative estimate of drug-likeness (QED) is 0.918. The van der Waals surface area contributed by atoms with Gasteiger partial charge in [0.2, 0.25) is 0 Å². The Hall–Kier alpha value is -1.93. The molecule has 0 unspecified atom stereocenters. The fraction of sp³-hybridized carbons (Fsp3) is 0.0714. The molecule has 0 amide bonds. The molecule has 0 aliphatic carbocycles. The Morgan fingerprint density at radius 2 is 1.95 bits per heavy atom. The lowest BCUT2D eigenvalue weighted by atomic mass is 10.1. The second kappa shape index (κ2) is 5.81. The second-order valence-corrected chi connectivity index (χ2v) is 4.81. The van der Waals surface area contributed by atoms with Crippen molar-refractivity contribution in [2.45, 2.75) is 6.54 Å². The van der Waals surface area contributed by atoms with Crippen molar-refractivity contribution in [1.29, 1.82) is 5.26 Å². The van der Waals surface area contributed by atoms with Gasteiger partial charge in [-0.15, -0.1) is 0 Å². The molecular formula is C14H9BrF2N2. The number of hydrogen-bond donors (Lipinski definition) is 1. The Bertz CT molecular complexity index is 650. The van der Waals surface area contributed by atoms with Crippen LogP contribution in [-0.4, -0.2) is 0 Å². The SMILES string of the molecule is N#Cc1ccc(F)cc1CNc1ccc(Br)cc1F. The molecule has 0 aromatic heterocycles. The van der Waals surface area contributed by atoms with Gasteiger partial charge in [0.15, 0.2) is 0 Å². The zero-order chi connectivity index (χ0) is 13.8. The van der Waals surface area contributed by atoms with Crippen molar-refractivity contribution in [2.75, 3.05) is 5.32 Å². The Morgan fingerprint density at radius 1 is 1.16 bits per heavy atom. The molecule has 96 valence electrons. The molecule has 19 heavy (non-hydrogen) atoms. The van der Waals surface area contributed by atoms with Gasteiger partial charge in [-0.05, 0) is 42.0 Å². The molecular weight excluding hydrogens is 314 g/mol. The first kappa shape index (κ1) is 13.5. The van der Waals surface area contributed by atoms with Crippen LogP contribution >= 0.6 is 15.9 Å². The molecule has 0 saturated heterocycles. The third-order valence-corrected chi connectivity index (χ3v) is 3.08. The van der Waals surface area contributed by atoms with Crippen LogP contribution in [0.5, 0.6) is 0 Å². The average molecular weight is 323 g/mol. The second-order valence-electron chi connectivity index (χ2n) is 3.89. The van der Waals surface area contributed by atoms with Gasteiger partial charge in [-0.1, -0.05) is 15.9 Å². The highest BCUT2D eigenvalue weighted by atomic mass is 79.9. The van der Waals surface area contributed by atoms with E-state index in [1.807, 2.05) is 6.07 Å². The molecule has 5 heteroatoms. The highest BCUT2D eigenvalue weighted by Crippen LogP contribution is 2.20. The van der Waals surface area contributed by atoms with Crippen molar-refractivity contribution in [2.24, 2.45) is 0 Å². The van der Waals surface area contributed by atoms with Gasteiger partial charge < -0.3 is 5.32 Å². The summed E-state index contributed by atoms with van der Waals surface area (Å²) in [4.78, 5) is 0. The van der Waals surface area contributed by atoms with Crippen LogP contribution in [0.2, 0.25) is 0 Å². The standard InChI is InChI=1S/C14H9BrF2N2/c15-11-2-4-14(13(17)6-11)19-8-10-5-12(16)3-1-9(10)7-18/h1-6,19H,8H2. The lowest BCUT2D eigenvalue weighted by Crippen LogP contribution is -2.03. The number of nitrogens with one attached hydrogen (secondary N) is 1. The lowest BCUT2D eigenvalue weighted by Gasteiger charge is -2.09. The van der Waals surface area contributed by atoms with Gasteiger partial charge in [0.1, 0.15) is 11.6 Å². The van der Waals surface area contributed by atoms with Gasteiger partial charge in [-0.3, -0.25) is 0 Å². The molecule has 0 fully saturated rings. The van der Waals surface area contributed by atoms with Crippen molar-refractivity contribution < 1.29 is 8.78 Å². The number of rotatable bonds is 3. The monoisotopic (exact) mass is 322 g/mol. The molecule has 2 nitrogen and oxygen atoms in total. The summed E-state index contributed by atoms with van der Waals surface area (Å²) in [5.41, 5.74) is 1.16. The van der Waals surface area contributed by atoms with Gasteiger partial charge in [0.25, 0.3) is 0 Å². The van der Waals surface area contributed by atoms with Crippen LogP contribution in [0.3, 0.4) is 0 Å². The molecule has 1 N–H and O–H groups in total. The maximum atomic E-state index is 13.6. The Kier molecular flexibility index (Phi) is 4.13. The molecule has 0 aliphatic rings. The van der Waals surface area contributed by atoms with E-state index in [1.165, 1.54) is 24.3 Å². The normalized spacial score (nSPS) is 10.0. The minimum Gasteiger partial charge on any atom is -0.379 e. The highest BCUT2D eigenvalue weighted by Gasteiger charge is 2.06. The Morgan fingerprint density at radius 3 is 2.63 bits per heavy atom. The van der Waals surface area contributed by atoms with Crippen molar-refractivity contribution in [3.63, 3.8) is 0 Å². The predicted octanol–water partition coefficient (Wildman–Crippen LogP) is 4.21. The van der Waals surface area contributed by atoms with Gasteiger partial charge in [-0.2, -0.15) is 5.26 Å². The number of halogens is 3. The van der Waals surface area contributed by atoms with Gasteiger partial charge >= 0.3 is 0 Å². The van der Waals surface area contributed by atoms with Crippen molar-refractivity contribution >= 4 is 21.6 Å². The third-order valence-electron chi connectivity index (χ3n) is 2.59. The highest BCUT2D eigenvalue weighted by molar-refractivity contribution is 9.10. The first-order chi connectivity index (χ1) is 9.10. The van der Waals surface area contributed by atoms with E-state index in [1.54, 1.807) is 12.1 Å². The van der Waals surface area contributed by atoms with E-state index in [0.29, 0.717) is 21.3 Å². The van der Waals surface area contributed by atoms with Gasteiger partial charge in [0, 0.05) is 11.0 Å². The maximum absolute atomic E-state index is 13.6. The van der Waals surface area contributed by atoms with Crippen LogP contribution in [0, 0.1) is 23.0 Å². The maximum Gasteiger partial charge on any atom is 0.147 e. The molecule has 0 bridgehead atoms. The first-order valence-corrected chi connectivity index (χ1v) is 6.27. The fourth-order valence-corrected chi connectivity index (χ4v) is 1.97. The van der Waals surface area contributed by atoms with Crippen LogP contribution in [0.25, 0.3) is 0 Å². The van der Waals surface area contributed by atoms with E-state index in [2.05, 4.69) is 21.2 Å². The van der Waals surface area contributed by atoms with Gasteiger partial charge in [0.05, 0.1) is 17.3 Å². The van der Waals surface area contributed by atoms with Crippen molar-refractivity contribution in [3.8, 4) is 6.07 Å². The van der Waals surface area contributed by atoms with E-state index < -0.39 is 11.6 Å². The van der Waals surface area contributed by atoms with E-state index in [0.717, 1.165) is 0 Å². The van der Waals surface area contributed by atoms with Crippen molar-refractivity contribution in [3.05, 3.63) is 63.6 Å². The molecule has 0 heterocycles. The number of nitrogens with zero attached hydrogens (tertiary/aromatic N) is 1. The summed E-state index contributed by atoms with van der Waals surface area (Å²) in [6, 6.07) is 10.5. The fourth-order valence-electron chi connectivity index (χ4n) is 1.64. The molecule has 0 aliphatic heterocycles. The van der Waals surface area contributed by atoms with Crippen LogP contribution in [0.4, 0.5) is 14.5 Å². The molecule has 2 aromatic carbocycles. The summed E-state index contributed by atoms with van der Waals surface area (Å²) in [5, 5.41) is 11.8. The van der Waals surface area contributed by atoms with E-state index in [4.69, 9.17) is 5.26 Å². The average Bonchev–Trinajstić information content (AvgIpc) is 2.38. The topological polar surface area (TPSA) is 35.8 Å². The molecule has 0 atom stereocenters. The number of nitriles is 1. The lowest BCUT2D eigenvalue weighted by molar-refractivity contribution is 0.624. The van der Waals surface area contributed by atoms with E-state index in [9.17, 15) is 8.78 Å². The largest absolute Gasteiger partial charge is 0.379 e. The van der Waals surface area contributed by atoms with Crippen LogP contribution in [-0.2, 0) is 6.54 Å². The molecule has 0 radical (unpaired) electrons. The van der Waals surface area contributed by atoms with E-state index in [-0.39, 0.29) is 6.54 Å².